The summed E-state index contributed by atoms with van der Waals surface area (Å²) in [5.41, 5.74) is 9.28. The summed E-state index contributed by atoms with van der Waals surface area (Å²) < 4.78 is 1.86. The van der Waals surface area contributed by atoms with Gasteiger partial charge in [-0.15, -0.1) is 9.24 Å². The molecular weight excluding hydrogens is 413 g/mol. The zero-order valence-corrected chi connectivity index (χ0v) is 20.4. The van der Waals surface area contributed by atoms with Crippen molar-refractivity contribution in [1.82, 2.24) is 14.6 Å². The van der Waals surface area contributed by atoms with Gasteiger partial charge in [0.2, 0.25) is 0 Å². The molecule has 1 aromatic heterocycles. The van der Waals surface area contributed by atoms with Crippen LogP contribution in [0, 0.1) is 6.92 Å². The van der Waals surface area contributed by atoms with Crippen molar-refractivity contribution in [3.05, 3.63) is 64.9 Å². The van der Waals surface area contributed by atoms with Gasteiger partial charge in [0.05, 0.1) is 10.8 Å². The Hall–Kier alpha value is -1.95. The fraction of sp³-hybridized carbons (Fsp3) is 0.409. The lowest BCUT2D eigenvalue weighted by Gasteiger charge is -2.25. The Kier molecular flexibility index (Phi) is 8.42. The van der Waals surface area contributed by atoms with Gasteiger partial charge in [-0.3, -0.25) is 19.1 Å². The van der Waals surface area contributed by atoms with Gasteiger partial charge < -0.3 is 11.1 Å². The highest BCUT2D eigenvalue weighted by atomic mass is 32.2. The number of aryl methyl sites for hydroxylation is 1. The molecule has 1 aliphatic rings. The lowest BCUT2D eigenvalue weighted by molar-refractivity contribution is 0.0962. The van der Waals surface area contributed by atoms with Crippen LogP contribution in [0.25, 0.3) is 0 Å². The molecule has 2 heterocycles. The third-order valence-electron chi connectivity index (χ3n) is 4.59. The minimum Gasteiger partial charge on any atom is -0.386 e. The maximum Gasteiger partial charge on any atom is 0.274 e. The molecule has 0 radical (unpaired) electrons. The molecule has 0 aliphatic carbocycles. The molecule has 8 heteroatoms. The summed E-state index contributed by atoms with van der Waals surface area (Å²) in [7, 11) is 4.68. The molecule has 2 atom stereocenters. The molecule has 0 aromatic carbocycles. The van der Waals surface area contributed by atoms with E-state index in [2.05, 4.69) is 44.3 Å². The van der Waals surface area contributed by atoms with Crippen LogP contribution in [-0.2, 0) is 0 Å². The van der Waals surface area contributed by atoms with Crippen LogP contribution in [0.2, 0.25) is 0 Å². The Balaban J connectivity index is 2.37. The van der Waals surface area contributed by atoms with E-state index >= 15 is 0 Å². The number of aromatic nitrogens is 1. The van der Waals surface area contributed by atoms with Crippen LogP contribution in [0.15, 0.2) is 58.6 Å². The van der Waals surface area contributed by atoms with Crippen molar-refractivity contribution in [2.45, 2.75) is 44.9 Å². The van der Waals surface area contributed by atoms with Crippen molar-refractivity contribution < 1.29 is 4.79 Å². The van der Waals surface area contributed by atoms with Crippen molar-refractivity contribution in [1.29, 1.82) is 0 Å². The number of nitrogens with zero attached hydrogens (tertiary/aromatic N) is 3. The standard InChI is InChI=1S/C22H32N5OPS/c1-7-8-16(25-20(28)18-10-9-14(2)12-24-18)11-17(15(3)29)19-13-27(6)30-22(4,5)21(23)26-19/h8-12,19H,3,7,13,29H2,1-2,4-6H3,(H2,23,26)(H,25,28)/b16-8+,17-11+/t19-/m0/s1. The highest BCUT2D eigenvalue weighted by molar-refractivity contribution is 7.99. The first-order chi connectivity index (χ1) is 14.0. The number of allylic oxidation sites excluding steroid dienone is 2. The average molecular weight is 446 g/mol. The second-order valence-electron chi connectivity index (χ2n) is 7.81. The molecule has 1 aliphatic heterocycles. The number of amidine groups is 1. The van der Waals surface area contributed by atoms with Gasteiger partial charge in [-0.1, -0.05) is 37.6 Å². The number of likely N-dealkylation sites (N-methyl/N-ethyl adjacent to an activating group) is 1. The number of aliphatic imine (C=N–C) groups is 1. The average Bonchev–Trinajstić information content (AvgIpc) is 2.74. The van der Waals surface area contributed by atoms with Gasteiger partial charge in [-0.2, -0.15) is 0 Å². The third kappa shape index (κ3) is 6.53. The predicted octanol–water partition coefficient (Wildman–Crippen LogP) is 3.83. The van der Waals surface area contributed by atoms with E-state index in [0.29, 0.717) is 23.8 Å². The van der Waals surface area contributed by atoms with Crippen LogP contribution >= 0.6 is 21.2 Å². The van der Waals surface area contributed by atoms with Gasteiger partial charge in [-0.05, 0) is 62.8 Å². The zero-order valence-electron chi connectivity index (χ0n) is 18.4. The number of hydrogen-bond donors (Lipinski definition) is 2. The molecule has 162 valence electrons. The highest BCUT2D eigenvalue weighted by Gasteiger charge is 2.32. The van der Waals surface area contributed by atoms with E-state index in [-0.39, 0.29) is 16.7 Å². The lowest BCUT2D eigenvalue weighted by Crippen LogP contribution is -2.36. The van der Waals surface area contributed by atoms with Crippen molar-refractivity contribution in [3.8, 4) is 0 Å². The Morgan fingerprint density at radius 3 is 2.77 bits per heavy atom. The summed E-state index contributed by atoms with van der Waals surface area (Å²) in [6.07, 6.45) is 6.35. The van der Waals surface area contributed by atoms with Crippen LogP contribution in [0.4, 0.5) is 0 Å². The van der Waals surface area contributed by atoms with Gasteiger partial charge in [0, 0.05) is 18.4 Å². The van der Waals surface area contributed by atoms with Crippen LogP contribution in [0.3, 0.4) is 0 Å². The summed E-state index contributed by atoms with van der Waals surface area (Å²) in [6, 6.07) is 3.40. The second-order valence-corrected chi connectivity index (χ2v) is 10.3. The molecular formula is C22H32N5OPS. The number of hydrogen-bond acceptors (Lipinski definition) is 6. The Morgan fingerprint density at radius 1 is 1.50 bits per heavy atom. The first-order valence-electron chi connectivity index (χ1n) is 9.88. The summed E-state index contributed by atoms with van der Waals surface area (Å²) in [4.78, 5) is 21.7. The van der Waals surface area contributed by atoms with Crippen molar-refractivity contribution in [2.24, 2.45) is 10.7 Å². The topological polar surface area (TPSA) is 83.6 Å². The minimum absolute atomic E-state index is 0.191. The van der Waals surface area contributed by atoms with E-state index in [1.165, 1.54) is 0 Å². The quantitative estimate of drug-likeness (QED) is 0.395. The van der Waals surface area contributed by atoms with Crippen molar-refractivity contribution in [3.63, 3.8) is 0 Å². The third-order valence-corrected chi connectivity index (χ3v) is 6.05. The fourth-order valence-electron chi connectivity index (χ4n) is 2.98. The normalized spacial score (nSPS) is 20.3. The van der Waals surface area contributed by atoms with E-state index < -0.39 is 0 Å². The molecule has 6 nitrogen and oxygen atoms in total. The minimum atomic E-state index is -0.287. The van der Waals surface area contributed by atoms with Gasteiger partial charge in [0.15, 0.2) is 0 Å². The highest BCUT2D eigenvalue weighted by Crippen LogP contribution is 2.33. The molecule has 3 N–H and O–H groups in total. The second kappa shape index (κ2) is 10.4. The van der Waals surface area contributed by atoms with E-state index in [9.17, 15) is 4.79 Å². The predicted molar refractivity (Wildman–Crippen MR) is 131 cm³/mol. The summed E-state index contributed by atoms with van der Waals surface area (Å²) >= 11 is 1.66. The van der Waals surface area contributed by atoms with Crippen LogP contribution < -0.4 is 11.1 Å². The molecule has 1 amide bonds. The molecule has 0 saturated carbocycles. The molecule has 0 fully saturated rings. The van der Waals surface area contributed by atoms with Crippen molar-refractivity contribution in [2.75, 3.05) is 13.6 Å². The number of carbonyl (C=O) groups is 1. The van der Waals surface area contributed by atoms with Crippen LogP contribution in [0.1, 0.15) is 43.2 Å². The van der Waals surface area contributed by atoms with E-state index in [4.69, 9.17) is 10.7 Å². The first kappa shape index (κ1) is 24.3. The van der Waals surface area contributed by atoms with E-state index in [1.807, 2.05) is 39.1 Å². The summed E-state index contributed by atoms with van der Waals surface area (Å²) in [5.74, 6) is 0.338. The van der Waals surface area contributed by atoms with Crippen LogP contribution in [0.5, 0.6) is 0 Å². The number of nitrogens with two attached hydrogens (primary N) is 1. The smallest absolute Gasteiger partial charge is 0.274 e. The number of carbonyl (C=O) groups excluding carboxylic acids is 1. The fourth-order valence-corrected chi connectivity index (χ4v) is 4.40. The molecule has 1 unspecified atom stereocenters. The lowest BCUT2D eigenvalue weighted by atomic mass is 10.0. The van der Waals surface area contributed by atoms with Gasteiger partial charge >= 0.3 is 0 Å². The van der Waals surface area contributed by atoms with Crippen molar-refractivity contribution >= 4 is 32.9 Å². The Morgan fingerprint density at radius 2 is 2.20 bits per heavy atom. The number of pyridine rings is 1. The van der Waals surface area contributed by atoms with Gasteiger partial charge in [-0.25, -0.2) is 0 Å². The molecule has 0 bridgehead atoms. The molecule has 2 rings (SSSR count). The molecule has 30 heavy (non-hydrogen) atoms. The monoisotopic (exact) mass is 445 g/mol. The molecule has 1 aromatic rings. The Bertz CT molecular complexity index is 889. The van der Waals surface area contributed by atoms with Crippen LogP contribution in [-0.4, -0.2) is 45.4 Å². The largest absolute Gasteiger partial charge is 0.386 e. The number of nitrogens with one attached hydrogen (secondary N) is 1. The summed E-state index contributed by atoms with van der Waals surface area (Å²) in [5, 5.41) is 3.77. The first-order valence-corrected chi connectivity index (χ1v) is 11.2. The zero-order chi connectivity index (χ0) is 22.5. The van der Waals surface area contributed by atoms with E-state index in [0.717, 1.165) is 22.9 Å². The number of amides is 1. The number of rotatable bonds is 6. The molecule has 0 spiro atoms. The SMILES string of the molecule is C=C(P)/C(=C\C(=C/CC)NC(=O)c1ccc(C)cn1)[C@@H]1CN(C)SC(C)(C)C(N)=N1. The molecule has 0 saturated heterocycles. The van der Waals surface area contributed by atoms with E-state index in [1.54, 1.807) is 24.2 Å². The maximum absolute atomic E-state index is 12.7. The van der Waals surface area contributed by atoms with Gasteiger partial charge in [0.25, 0.3) is 5.91 Å². The maximum atomic E-state index is 12.7. The summed E-state index contributed by atoms with van der Waals surface area (Å²) in [6.45, 7) is 12.9. The van der Waals surface area contributed by atoms with Gasteiger partial charge in [0.1, 0.15) is 11.5 Å². The Labute approximate surface area is 186 Å².